The van der Waals surface area contributed by atoms with Crippen molar-refractivity contribution in [3.63, 3.8) is 0 Å². The van der Waals surface area contributed by atoms with Gasteiger partial charge in [0.15, 0.2) is 11.5 Å². The average Bonchev–Trinajstić information content (AvgIpc) is 2.54. The Labute approximate surface area is 128 Å². The van der Waals surface area contributed by atoms with E-state index in [4.69, 9.17) is 9.47 Å². The van der Waals surface area contributed by atoms with E-state index in [2.05, 4.69) is 17.4 Å². The lowest BCUT2D eigenvalue weighted by atomic mass is 9.57. The molecule has 1 atom stereocenters. The molecule has 1 aromatic rings. The van der Waals surface area contributed by atoms with E-state index in [1.165, 1.54) is 50.5 Å². The largest absolute Gasteiger partial charge is 0.493 e. The molecule has 1 N–H and O–H groups in total. The zero-order valence-electron chi connectivity index (χ0n) is 13.3. The summed E-state index contributed by atoms with van der Waals surface area (Å²) in [4.78, 5) is 0. The molecule has 116 valence electrons. The number of ether oxygens (including phenoxy) is 2. The Kier molecular flexibility index (Phi) is 4.39. The third kappa shape index (κ3) is 2.89. The number of nitrogens with one attached hydrogen (secondary N) is 1. The van der Waals surface area contributed by atoms with Crippen LogP contribution in [0.5, 0.6) is 11.5 Å². The summed E-state index contributed by atoms with van der Waals surface area (Å²) in [6.07, 6.45) is 9.91. The zero-order valence-corrected chi connectivity index (χ0v) is 13.3. The van der Waals surface area contributed by atoms with Gasteiger partial charge in [0.2, 0.25) is 0 Å². The van der Waals surface area contributed by atoms with Gasteiger partial charge in [0.05, 0.1) is 14.2 Å². The molecular weight excluding hydrogens is 262 g/mol. The van der Waals surface area contributed by atoms with Crippen molar-refractivity contribution < 1.29 is 9.47 Å². The molecule has 0 heterocycles. The summed E-state index contributed by atoms with van der Waals surface area (Å²) >= 11 is 0. The summed E-state index contributed by atoms with van der Waals surface area (Å²) in [7, 11) is 3.37. The molecule has 3 rings (SSSR count). The Bertz CT molecular complexity index is 480. The molecular formula is C18H27NO2. The topological polar surface area (TPSA) is 30.5 Å². The van der Waals surface area contributed by atoms with Crippen LogP contribution in [0.15, 0.2) is 18.2 Å². The Morgan fingerprint density at radius 3 is 2.43 bits per heavy atom. The van der Waals surface area contributed by atoms with E-state index < -0.39 is 0 Å². The molecule has 0 saturated heterocycles. The van der Waals surface area contributed by atoms with Crippen LogP contribution in [0, 0.1) is 5.41 Å². The van der Waals surface area contributed by atoms with Crippen molar-refractivity contribution in [3.8, 4) is 11.5 Å². The van der Waals surface area contributed by atoms with Crippen molar-refractivity contribution >= 4 is 0 Å². The predicted octanol–water partition coefficient (Wildman–Crippen LogP) is 3.91. The van der Waals surface area contributed by atoms with Crippen molar-refractivity contribution in [2.24, 2.45) is 5.41 Å². The predicted molar refractivity (Wildman–Crippen MR) is 84.9 cm³/mol. The van der Waals surface area contributed by atoms with Crippen molar-refractivity contribution in [3.05, 3.63) is 23.8 Å². The smallest absolute Gasteiger partial charge is 0.161 e. The van der Waals surface area contributed by atoms with E-state index in [0.717, 1.165) is 18.0 Å². The van der Waals surface area contributed by atoms with Gasteiger partial charge in [-0.3, -0.25) is 0 Å². The highest BCUT2D eigenvalue weighted by Gasteiger charge is 2.46. The van der Waals surface area contributed by atoms with Crippen molar-refractivity contribution in [1.82, 2.24) is 5.32 Å². The fraction of sp³-hybridized carbons (Fsp3) is 0.667. The molecule has 0 bridgehead atoms. The lowest BCUT2D eigenvalue weighted by molar-refractivity contribution is 0.0221. The van der Waals surface area contributed by atoms with Crippen LogP contribution in [-0.4, -0.2) is 20.3 Å². The Morgan fingerprint density at radius 1 is 1.05 bits per heavy atom. The van der Waals surface area contributed by atoms with Crippen LogP contribution < -0.4 is 14.8 Å². The van der Waals surface area contributed by atoms with Crippen molar-refractivity contribution in [2.75, 3.05) is 14.2 Å². The van der Waals surface area contributed by atoms with Crippen molar-refractivity contribution in [1.29, 1.82) is 0 Å². The molecule has 3 heteroatoms. The Hall–Kier alpha value is -1.22. The molecule has 0 aliphatic heterocycles. The lowest BCUT2D eigenvalue weighted by Crippen LogP contribution is -2.53. The maximum atomic E-state index is 5.38. The minimum atomic E-state index is 0.620. The molecule has 0 amide bonds. The number of hydrogen-bond acceptors (Lipinski definition) is 3. The first-order chi connectivity index (χ1) is 10.3. The van der Waals surface area contributed by atoms with Crippen LogP contribution in [0.3, 0.4) is 0 Å². The molecule has 2 aliphatic rings. The summed E-state index contributed by atoms with van der Waals surface area (Å²) in [5, 5.41) is 3.79. The van der Waals surface area contributed by atoms with Gasteiger partial charge in [0.25, 0.3) is 0 Å². The molecule has 21 heavy (non-hydrogen) atoms. The van der Waals surface area contributed by atoms with E-state index in [1.54, 1.807) is 14.2 Å². The molecule has 2 saturated carbocycles. The first-order valence-electron chi connectivity index (χ1n) is 8.22. The van der Waals surface area contributed by atoms with Crippen molar-refractivity contribution in [2.45, 2.75) is 57.5 Å². The van der Waals surface area contributed by atoms with Gasteiger partial charge in [-0.15, -0.1) is 0 Å². The van der Waals surface area contributed by atoms with Crippen LogP contribution in [0.25, 0.3) is 0 Å². The second kappa shape index (κ2) is 6.27. The van der Waals surface area contributed by atoms with Crippen LogP contribution in [-0.2, 0) is 6.54 Å². The van der Waals surface area contributed by atoms with E-state index in [-0.39, 0.29) is 0 Å². The quantitative estimate of drug-likeness (QED) is 0.891. The average molecular weight is 289 g/mol. The normalized spacial score (nSPS) is 23.6. The molecule has 0 unspecified atom stereocenters. The molecule has 2 aliphatic carbocycles. The molecule has 2 fully saturated rings. The van der Waals surface area contributed by atoms with Gasteiger partial charge in [-0.25, -0.2) is 0 Å². The van der Waals surface area contributed by atoms with E-state index in [1.807, 2.05) is 6.07 Å². The highest BCUT2D eigenvalue weighted by Crippen LogP contribution is 2.51. The van der Waals surface area contributed by atoms with E-state index >= 15 is 0 Å². The highest BCUT2D eigenvalue weighted by atomic mass is 16.5. The van der Waals surface area contributed by atoms with Crippen LogP contribution in [0.1, 0.15) is 50.5 Å². The number of benzene rings is 1. The minimum absolute atomic E-state index is 0.620. The van der Waals surface area contributed by atoms with Gasteiger partial charge >= 0.3 is 0 Å². The van der Waals surface area contributed by atoms with E-state index in [0.29, 0.717) is 11.5 Å². The van der Waals surface area contributed by atoms with Crippen LogP contribution in [0.4, 0.5) is 0 Å². The fourth-order valence-corrected chi connectivity index (χ4v) is 4.10. The Balaban J connectivity index is 1.60. The third-order valence-electron chi connectivity index (χ3n) is 5.52. The SMILES string of the molecule is COc1ccc(CN[C@H]2CCC23CCCCC3)cc1OC. The maximum absolute atomic E-state index is 5.38. The first kappa shape index (κ1) is 14.7. The summed E-state index contributed by atoms with van der Waals surface area (Å²) in [5.41, 5.74) is 1.89. The van der Waals surface area contributed by atoms with Gasteiger partial charge < -0.3 is 14.8 Å². The summed E-state index contributed by atoms with van der Waals surface area (Å²) in [6, 6.07) is 6.91. The van der Waals surface area contributed by atoms with Gasteiger partial charge in [-0.05, 0) is 48.8 Å². The van der Waals surface area contributed by atoms with Gasteiger partial charge in [0.1, 0.15) is 0 Å². The number of rotatable bonds is 5. The lowest BCUT2D eigenvalue weighted by Gasteiger charge is -2.52. The number of methoxy groups -OCH3 is 2. The Morgan fingerprint density at radius 2 is 1.81 bits per heavy atom. The van der Waals surface area contributed by atoms with Crippen LogP contribution in [0.2, 0.25) is 0 Å². The van der Waals surface area contributed by atoms with E-state index in [9.17, 15) is 0 Å². The zero-order chi connectivity index (χ0) is 14.7. The second-order valence-electron chi connectivity index (χ2n) is 6.58. The van der Waals surface area contributed by atoms with Crippen LogP contribution >= 0.6 is 0 Å². The summed E-state index contributed by atoms with van der Waals surface area (Å²) in [6.45, 7) is 0.923. The third-order valence-corrected chi connectivity index (χ3v) is 5.52. The number of hydrogen-bond donors (Lipinski definition) is 1. The highest BCUT2D eigenvalue weighted by molar-refractivity contribution is 5.42. The first-order valence-corrected chi connectivity index (χ1v) is 8.22. The molecule has 0 aromatic heterocycles. The maximum Gasteiger partial charge on any atom is 0.161 e. The standard InChI is InChI=1S/C18H27NO2/c1-20-15-7-6-14(12-16(15)21-2)13-19-17-8-11-18(17)9-4-3-5-10-18/h6-7,12,17,19H,3-5,8-11,13H2,1-2H3/t17-/m0/s1. The molecule has 1 aromatic carbocycles. The molecule has 0 radical (unpaired) electrons. The monoisotopic (exact) mass is 289 g/mol. The minimum Gasteiger partial charge on any atom is -0.493 e. The molecule has 1 spiro atoms. The fourth-order valence-electron chi connectivity index (χ4n) is 4.10. The summed E-state index contributed by atoms with van der Waals surface area (Å²) < 4.78 is 10.7. The molecule has 3 nitrogen and oxygen atoms in total. The van der Waals surface area contributed by atoms with Gasteiger partial charge in [0, 0.05) is 12.6 Å². The van der Waals surface area contributed by atoms with Gasteiger partial charge in [-0.2, -0.15) is 0 Å². The second-order valence-corrected chi connectivity index (χ2v) is 6.58. The summed E-state index contributed by atoms with van der Waals surface area (Å²) in [5.74, 6) is 1.62. The van der Waals surface area contributed by atoms with Gasteiger partial charge in [-0.1, -0.05) is 25.3 Å².